The van der Waals surface area contributed by atoms with E-state index in [-0.39, 0.29) is 11.6 Å². The maximum atomic E-state index is 10.9. The van der Waals surface area contributed by atoms with E-state index in [0.717, 1.165) is 5.69 Å². The predicted octanol–water partition coefficient (Wildman–Crippen LogP) is 2.20. The second-order valence-corrected chi connectivity index (χ2v) is 4.16. The van der Waals surface area contributed by atoms with Crippen LogP contribution in [0.4, 0.5) is 0 Å². The van der Waals surface area contributed by atoms with Gasteiger partial charge in [0.15, 0.2) is 11.3 Å². The molecule has 2 heterocycles. The van der Waals surface area contributed by atoms with Crippen LogP contribution in [0, 0.1) is 0 Å². The average Bonchev–Trinajstić information content (AvgIpc) is 2.59. The van der Waals surface area contributed by atoms with Gasteiger partial charge in [0.2, 0.25) is 0 Å². The van der Waals surface area contributed by atoms with Crippen molar-refractivity contribution in [3.63, 3.8) is 0 Å². The van der Waals surface area contributed by atoms with Crippen LogP contribution in [0.2, 0.25) is 5.02 Å². The summed E-state index contributed by atoms with van der Waals surface area (Å²) in [7, 11) is 0. The summed E-state index contributed by atoms with van der Waals surface area (Å²) in [6, 6.07) is 1.52. The molecule has 0 fully saturated rings. The van der Waals surface area contributed by atoms with Gasteiger partial charge in [-0.1, -0.05) is 25.4 Å². The van der Waals surface area contributed by atoms with Gasteiger partial charge in [0.1, 0.15) is 5.02 Å². The molecule has 0 spiro atoms. The van der Waals surface area contributed by atoms with Crippen molar-refractivity contribution in [2.24, 2.45) is 0 Å². The summed E-state index contributed by atoms with van der Waals surface area (Å²) in [4.78, 5) is 14.9. The second kappa shape index (κ2) is 3.75. The molecule has 0 bridgehead atoms. The van der Waals surface area contributed by atoms with Gasteiger partial charge < -0.3 is 5.11 Å². The summed E-state index contributed by atoms with van der Waals surface area (Å²) in [6.45, 7) is 3.91. The summed E-state index contributed by atoms with van der Waals surface area (Å²) in [5.74, 6) is -0.929. The van der Waals surface area contributed by atoms with Crippen molar-refractivity contribution in [3.8, 4) is 0 Å². The molecule has 2 aromatic heterocycles. The minimum atomic E-state index is -1.07. The van der Waals surface area contributed by atoms with E-state index in [0.29, 0.717) is 10.7 Å². The topological polar surface area (TPSA) is 67.5 Å². The fraction of sp³-hybridized carbons (Fsp3) is 0.300. The van der Waals surface area contributed by atoms with Gasteiger partial charge in [0.25, 0.3) is 0 Å². The Bertz CT molecular complexity index is 562. The number of carboxylic acids is 1. The van der Waals surface area contributed by atoms with E-state index >= 15 is 0 Å². The molecule has 0 saturated heterocycles. The number of fused-ring (bicyclic) bond motifs is 1. The number of rotatable bonds is 2. The van der Waals surface area contributed by atoms with Crippen molar-refractivity contribution in [1.29, 1.82) is 0 Å². The van der Waals surface area contributed by atoms with Crippen molar-refractivity contribution in [3.05, 3.63) is 28.7 Å². The fourth-order valence-electron chi connectivity index (χ4n) is 1.48. The monoisotopic (exact) mass is 239 g/mol. The standard InChI is InChI=1S/C10H10ClN3O2/c1-5(2)8-3-7(10(15)16)13-9-6(11)4-12-14(8)9/h3-5H,1-2H3,(H,15,16). The van der Waals surface area contributed by atoms with Crippen molar-refractivity contribution >= 4 is 23.2 Å². The number of hydrogen-bond donors (Lipinski definition) is 1. The first-order chi connectivity index (χ1) is 7.50. The third-order valence-corrected chi connectivity index (χ3v) is 2.53. The summed E-state index contributed by atoms with van der Waals surface area (Å²) < 4.78 is 1.57. The molecule has 0 aliphatic heterocycles. The second-order valence-electron chi connectivity index (χ2n) is 3.75. The van der Waals surface area contributed by atoms with E-state index < -0.39 is 5.97 Å². The average molecular weight is 240 g/mol. The van der Waals surface area contributed by atoms with Gasteiger partial charge in [0, 0.05) is 5.69 Å². The van der Waals surface area contributed by atoms with Crippen LogP contribution in [-0.2, 0) is 0 Å². The largest absolute Gasteiger partial charge is 0.477 e. The maximum Gasteiger partial charge on any atom is 0.354 e. The Morgan fingerprint density at radius 1 is 1.56 bits per heavy atom. The van der Waals surface area contributed by atoms with E-state index in [1.54, 1.807) is 4.52 Å². The molecule has 2 aromatic rings. The van der Waals surface area contributed by atoms with Crippen molar-refractivity contribution in [2.75, 3.05) is 0 Å². The van der Waals surface area contributed by atoms with Crippen LogP contribution < -0.4 is 0 Å². The van der Waals surface area contributed by atoms with Gasteiger partial charge in [-0.05, 0) is 12.0 Å². The molecule has 84 valence electrons. The highest BCUT2D eigenvalue weighted by atomic mass is 35.5. The van der Waals surface area contributed by atoms with Gasteiger partial charge in [-0.15, -0.1) is 0 Å². The van der Waals surface area contributed by atoms with Crippen molar-refractivity contribution < 1.29 is 9.90 Å². The Morgan fingerprint density at radius 3 is 2.81 bits per heavy atom. The van der Waals surface area contributed by atoms with E-state index in [1.807, 2.05) is 13.8 Å². The van der Waals surface area contributed by atoms with E-state index in [4.69, 9.17) is 16.7 Å². The Balaban J connectivity index is 2.80. The van der Waals surface area contributed by atoms with Gasteiger partial charge in [0.05, 0.1) is 6.20 Å². The van der Waals surface area contributed by atoms with Gasteiger partial charge in [-0.25, -0.2) is 14.3 Å². The highest BCUT2D eigenvalue weighted by Crippen LogP contribution is 2.21. The Kier molecular flexibility index (Phi) is 2.55. The third-order valence-electron chi connectivity index (χ3n) is 2.27. The Labute approximate surface area is 96.7 Å². The molecule has 0 amide bonds. The van der Waals surface area contributed by atoms with Crippen LogP contribution >= 0.6 is 11.6 Å². The first-order valence-corrected chi connectivity index (χ1v) is 5.16. The molecule has 0 aliphatic rings. The lowest BCUT2D eigenvalue weighted by molar-refractivity contribution is 0.0690. The Hall–Kier alpha value is -1.62. The number of nitrogens with zero attached hydrogens (tertiary/aromatic N) is 3. The molecule has 6 heteroatoms. The molecule has 0 unspecified atom stereocenters. The lowest BCUT2D eigenvalue weighted by Gasteiger charge is -2.08. The van der Waals surface area contributed by atoms with E-state index in [9.17, 15) is 4.79 Å². The van der Waals surface area contributed by atoms with Gasteiger partial charge in [-0.3, -0.25) is 0 Å². The lowest BCUT2D eigenvalue weighted by Crippen LogP contribution is -2.08. The smallest absolute Gasteiger partial charge is 0.354 e. The number of aromatic nitrogens is 3. The highest BCUT2D eigenvalue weighted by molar-refractivity contribution is 6.33. The Morgan fingerprint density at radius 2 is 2.25 bits per heavy atom. The van der Waals surface area contributed by atoms with Crippen LogP contribution in [0.3, 0.4) is 0 Å². The molecule has 0 atom stereocenters. The summed E-state index contributed by atoms with van der Waals surface area (Å²) in [5.41, 5.74) is 1.14. The first-order valence-electron chi connectivity index (χ1n) is 4.78. The predicted molar refractivity (Wildman–Crippen MR) is 59.0 cm³/mol. The van der Waals surface area contributed by atoms with Crippen LogP contribution in [0.5, 0.6) is 0 Å². The quantitative estimate of drug-likeness (QED) is 0.873. The third kappa shape index (κ3) is 1.63. The summed E-state index contributed by atoms with van der Waals surface area (Å²) in [6.07, 6.45) is 1.46. The van der Waals surface area contributed by atoms with Crippen LogP contribution in [0.25, 0.3) is 5.65 Å². The maximum absolute atomic E-state index is 10.9. The van der Waals surface area contributed by atoms with E-state index in [2.05, 4.69) is 10.1 Å². The molecular weight excluding hydrogens is 230 g/mol. The number of carboxylic acid groups (broad SMARTS) is 1. The molecule has 0 aliphatic carbocycles. The van der Waals surface area contributed by atoms with Crippen LogP contribution in [-0.4, -0.2) is 25.7 Å². The molecule has 2 rings (SSSR count). The van der Waals surface area contributed by atoms with Crippen molar-refractivity contribution in [1.82, 2.24) is 14.6 Å². The molecule has 0 aromatic carbocycles. The highest BCUT2D eigenvalue weighted by Gasteiger charge is 2.15. The minimum Gasteiger partial charge on any atom is -0.477 e. The molecule has 1 N–H and O–H groups in total. The summed E-state index contributed by atoms with van der Waals surface area (Å²) >= 11 is 5.89. The summed E-state index contributed by atoms with van der Waals surface area (Å²) in [5, 5.41) is 13.4. The molecular formula is C10H10ClN3O2. The lowest BCUT2D eigenvalue weighted by atomic mass is 10.1. The normalized spacial score (nSPS) is 11.2. The number of aromatic carboxylic acids is 1. The zero-order valence-electron chi connectivity index (χ0n) is 8.81. The van der Waals surface area contributed by atoms with Gasteiger partial charge >= 0.3 is 5.97 Å². The molecule has 5 nitrogen and oxygen atoms in total. The molecule has 0 radical (unpaired) electrons. The molecule has 16 heavy (non-hydrogen) atoms. The number of carbonyl (C=O) groups is 1. The number of hydrogen-bond acceptors (Lipinski definition) is 3. The van der Waals surface area contributed by atoms with Crippen LogP contribution in [0.1, 0.15) is 35.9 Å². The SMILES string of the molecule is CC(C)c1cc(C(=O)O)nc2c(Cl)cnn12. The minimum absolute atomic E-state index is 0.0152. The number of halogens is 1. The zero-order chi connectivity index (χ0) is 11.9. The first kappa shape index (κ1) is 10.9. The molecule has 0 saturated carbocycles. The van der Waals surface area contributed by atoms with Gasteiger partial charge in [-0.2, -0.15) is 5.10 Å². The van der Waals surface area contributed by atoms with Crippen LogP contribution in [0.15, 0.2) is 12.3 Å². The fourth-order valence-corrected chi connectivity index (χ4v) is 1.65. The van der Waals surface area contributed by atoms with E-state index in [1.165, 1.54) is 12.3 Å². The zero-order valence-corrected chi connectivity index (χ0v) is 9.56. The van der Waals surface area contributed by atoms with Crippen molar-refractivity contribution in [2.45, 2.75) is 19.8 Å².